The third-order valence-electron chi connectivity index (χ3n) is 2.33. The molecule has 14 heavy (non-hydrogen) atoms. The molecule has 0 amide bonds. The van der Waals surface area contributed by atoms with E-state index >= 15 is 0 Å². The molecule has 1 N–H and O–H groups in total. The van der Waals surface area contributed by atoms with Gasteiger partial charge in [0.15, 0.2) is 0 Å². The van der Waals surface area contributed by atoms with Gasteiger partial charge in [0.25, 0.3) is 0 Å². The first-order chi connectivity index (χ1) is 6.69. The SMILES string of the molecule is C=CC(C)[C@H](O)c1ccc(OC)cc1. The normalized spacial score (nSPS) is 14.5. The van der Waals surface area contributed by atoms with Crippen molar-refractivity contribution < 1.29 is 9.84 Å². The van der Waals surface area contributed by atoms with Gasteiger partial charge in [0, 0.05) is 5.92 Å². The van der Waals surface area contributed by atoms with Crippen LogP contribution in [0.25, 0.3) is 0 Å². The van der Waals surface area contributed by atoms with Gasteiger partial charge in [0.2, 0.25) is 0 Å². The minimum absolute atomic E-state index is 0.0587. The van der Waals surface area contributed by atoms with E-state index in [2.05, 4.69) is 6.58 Å². The highest BCUT2D eigenvalue weighted by Gasteiger charge is 2.12. The Morgan fingerprint density at radius 3 is 2.36 bits per heavy atom. The molecular weight excluding hydrogens is 176 g/mol. The summed E-state index contributed by atoms with van der Waals surface area (Å²) in [5, 5.41) is 9.84. The maximum absolute atomic E-state index is 9.84. The Labute approximate surface area is 84.8 Å². The molecule has 0 radical (unpaired) electrons. The van der Waals surface area contributed by atoms with Crippen molar-refractivity contribution in [1.29, 1.82) is 0 Å². The van der Waals surface area contributed by atoms with Gasteiger partial charge in [-0.2, -0.15) is 0 Å². The summed E-state index contributed by atoms with van der Waals surface area (Å²) in [7, 11) is 1.62. The van der Waals surface area contributed by atoms with Gasteiger partial charge >= 0.3 is 0 Å². The van der Waals surface area contributed by atoms with E-state index in [9.17, 15) is 5.11 Å². The number of rotatable bonds is 4. The summed E-state index contributed by atoms with van der Waals surface area (Å²) in [5.74, 6) is 0.857. The molecule has 76 valence electrons. The van der Waals surface area contributed by atoms with E-state index in [1.54, 1.807) is 13.2 Å². The molecule has 1 unspecified atom stereocenters. The lowest BCUT2D eigenvalue weighted by atomic mass is 9.98. The third kappa shape index (κ3) is 2.36. The van der Waals surface area contributed by atoms with Crippen LogP contribution < -0.4 is 4.74 Å². The lowest BCUT2D eigenvalue weighted by Gasteiger charge is -2.15. The molecule has 1 aromatic rings. The first kappa shape index (κ1) is 10.8. The van der Waals surface area contributed by atoms with Crippen LogP contribution in [0.3, 0.4) is 0 Å². The van der Waals surface area contributed by atoms with Crippen molar-refractivity contribution in [2.45, 2.75) is 13.0 Å². The molecule has 1 aromatic carbocycles. The van der Waals surface area contributed by atoms with Crippen molar-refractivity contribution in [3.63, 3.8) is 0 Å². The largest absolute Gasteiger partial charge is 0.497 e. The van der Waals surface area contributed by atoms with Crippen LogP contribution in [0.15, 0.2) is 36.9 Å². The fourth-order valence-electron chi connectivity index (χ4n) is 1.23. The Kier molecular flexibility index (Phi) is 3.72. The fourth-order valence-corrected chi connectivity index (χ4v) is 1.23. The van der Waals surface area contributed by atoms with Crippen molar-refractivity contribution in [2.24, 2.45) is 5.92 Å². The van der Waals surface area contributed by atoms with Gasteiger partial charge in [-0.15, -0.1) is 6.58 Å². The van der Waals surface area contributed by atoms with E-state index in [1.165, 1.54) is 0 Å². The van der Waals surface area contributed by atoms with E-state index in [0.717, 1.165) is 11.3 Å². The second kappa shape index (κ2) is 4.82. The molecule has 0 aliphatic heterocycles. The highest BCUT2D eigenvalue weighted by atomic mass is 16.5. The third-order valence-corrected chi connectivity index (χ3v) is 2.33. The molecule has 0 aliphatic rings. The molecular formula is C12H16O2. The van der Waals surface area contributed by atoms with Crippen molar-refractivity contribution in [3.05, 3.63) is 42.5 Å². The van der Waals surface area contributed by atoms with Crippen LogP contribution in [-0.2, 0) is 0 Å². The molecule has 0 aliphatic carbocycles. The molecule has 0 bridgehead atoms. The molecule has 0 saturated heterocycles. The molecule has 0 heterocycles. The van der Waals surface area contributed by atoms with Crippen LogP contribution in [0.1, 0.15) is 18.6 Å². The van der Waals surface area contributed by atoms with Crippen LogP contribution in [0.5, 0.6) is 5.75 Å². The maximum atomic E-state index is 9.84. The minimum Gasteiger partial charge on any atom is -0.497 e. The molecule has 2 nitrogen and oxygen atoms in total. The zero-order valence-corrected chi connectivity index (χ0v) is 8.60. The van der Waals surface area contributed by atoms with Crippen molar-refractivity contribution in [1.82, 2.24) is 0 Å². The Balaban J connectivity index is 2.80. The zero-order valence-electron chi connectivity index (χ0n) is 8.60. The number of benzene rings is 1. The number of hydrogen-bond acceptors (Lipinski definition) is 2. The van der Waals surface area contributed by atoms with E-state index in [4.69, 9.17) is 4.74 Å². The smallest absolute Gasteiger partial charge is 0.118 e. The monoisotopic (exact) mass is 192 g/mol. The highest BCUT2D eigenvalue weighted by molar-refractivity contribution is 5.28. The van der Waals surface area contributed by atoms with Gasteiger partial charge in [-0.1, -0.05) is 25.1 Å². The molecule has 1 rings (SSSR count). The van der Waals surface area contributed by atoms with E-state index < -0.39 is 6.10 Å². The lowest BCUT2D eigenvalue weighted by molar-refractivity contribution is 0.140. The van der Waals surface area contributed by atoms with Gasteiger partial charge in [-0.3, -0.25) is 0 Å². The molecule has 0 fully saturated rings. The summed E-state index contributed by atoms with van der Waals surface area (Å²) in [6.45, 7) is 5.59. The lowest BCUT2D eigenvalue weighted by Crippen LogP contribution is -2.06. The first-order valence-electron chi connectivity index (χ1n) is 4.63. The molecule has 0 spiro atoms. The number of aliphatic hydroxyl groups is 1. The van der Waals surface area contributed by atoms with E-state index in [1.807, 2.05) is 31.2 Å². The van der Waals surface area contributed by atoms with Crippen LogP contribution in [0, 0.1) is 5.92 Å². The Morgan fingerprint density at radius 1 is 1.36 bits per heavy atom. The quantitative estimate of drug-likeness (QED) is 0.743. The number of methoxy groups -OCH3 is 1. The Bertz CT molecular complexity index is 290. The van der Waals surface area contributed by atoms with E-state index in [0.29, 0.717) is 0 Å². The van der Waals surface area contributed by atoms with Crippen molar-refractivity contribution in [3.8, 4) is 5.75 Å². The second-order valence-corrected chi connectivity index (χ2v) is 3.31. The van der Waals surface area contributed by atoms with Gasteiger partial charge in [-0.05, 0) is 17.7 Å². The average molecular weight is 192 g/mol. The van der Waals surface area contributed by atoms with Crippen molar-refractivity contribution in [2.75, 3.05) is 7.11 Å². The van der Waals surface area contributed by atoms with E-state index in [-0.39, 0.29) is 5.92 Å². The second-order valence-electron chi connectivity index (χ2n) is 3.31. The summed E-state index contributed by atoms with van der Waals surface area (Å²) < 4.78 is 5.03. The summed E-state index contributed by atoms with van der Waals surface area (Å²) in [6, 6.07) is 7.41. The standard InChI is InChI=1S/C12H16O2/c1-4-9(2)12(13)10-5-7-11(14-3)8-6-10/h4-9,12-13H,1H2,2-3H3/t9?,12-/m0/s1. The topological polar surface area (TPSA) is 29.5 Å². The van der Waals surface area contributed by atoms with Crippen LogP contribution in [0.2, 0.25) is 0 Å². The molecule has 2 heteroatoms. The highest BCUT2D eigenvalue weighted by Crippen LogP contribution is 2.24. The van der Waals surface area contributed by atoms with Gasteiger partial charge in [-0.25, -0.2) is 0 Å². The first-order valence-corrected chi connectivity index (χ1v) is 4.63. The maximum Gasteiger partial charge on any atom is 0.118 e. The zero-order chi connectivity index (χ0) is 10.6. The van der Waals surface area contributed by atoms with Gasteiger partial charge < -0.3 is 9.84 Å². The number of ether oxygens (including phenoxy) is 1. The summed E-state index contributed by atoms with van der Waals surface area (Å²) in [6.07, 6.45) is 1.26. The molecule has 0 saturated carbocycles. The molecule has 2 atom stereocenters. The van der Waals surface area contributed by atoms with Crippen LogP contribution >= 0.6 is 0 Å². The Morgan fingerprint density at radius 2 is 1.93 bits per heavy atom. The Hall–Kier alpha value is -1.28. The number of aliphatic hydroxyl groups excluding tert-OH is 1. The average Bonchev–Trinajstić information content (AvgIpc) is 2.27. The summed E-state index contributed by atoms with van der Waals surface area (Å²) >= 11 is 0. The van der Waals surface area contributed by atoms with Gasteiger partial charge in [0.05, 0.1) is 13.2 Å². The predicted octanol–water partition coefficient (Wildman–Crippen LogP) is 2.55. The predicted molar refractivity (Wildman–Crippen MR) is 57.3 cm³/mol. The van der Waals surface area contributed by atoms with Crippen molar-refractivity contribution >= 4 is 0 Å². The number of hydrogen-bond donors (Lipinski definition) is 1. The van der Waals surface area contributed by atoms with Gasteiger partial charge in [0.1, 0.15) is 5.75 Å². The van der Waals surface area contributed by atoms with Crippen LogP contribution in [0.4, 0.5) is 0 Å². The van der Waals surface area contributed by atoms with Crippen LogP contribution in [-0.4, -0.2) is 12.2 Å². The minimum atomic E-state index is -0.488. The molecule has 0 aromatic heterocycles. The summed E-state index contributed by atoms with van der Waals surface area (Å²) in [4.78, 5) is 0. The summed E-state index contributed by atoms with van der Waals surface area (Å²) in [5.41, 5.74) is 0.887. The fraction of sp³-hybridized carbons (Fsp3) is 0.333.